The predicted octanol–water partition coefficient (Wildman–Crippen LogP) is 2.08. The summed E-state index contributed by atoms with van der Waals surface area (Å²) >= 11 is 0. The fourth-order valence-corrected chi connectivity index (χ4v) is 3.19. The molecular formula is C15H19NO3. The van der Waals surface area contributed by atoms with Crippen molar-refractivity contribution in [3.05, 3.63) is 24.3 Å². The third kappa shape index (κ3) is 2.39. The predicted molar refractivity (Wildman–Crippen MR) is 71.3 cm³/mol. The Morgan fingerprint density at radius 1 is 1.32 bits per heavy atom. The minimum absolute atomic E-state index is 0.0955. The molecule has 0 unspecified atom stereocenters. The van der Waals surface area contributed by atoms with Crippen LogP contribution in [0, 0.1) is 5.92 Å². The Balaban J connectivity index is 1.59. The number of nitrogens with zero attached hydrogens (tertiary/aromatic N) is 1. The molecule has 2 atom stereocenters. The first-order valence-electron chi connectivity index (χ1n) is 6.83. The Morgan fingerprint density at radius 2 is 2.11 bits per heavy atom. The number of amides is 1. The summed E-state index contributed by atoms with van der Waals surface area (Å²) < 4.78 is 10.8. The average Bonchev–Trinajstić information content (AvgIpc) is 3.07. The minimum atomic E-state index is 0.0955. The number of methoxy groups -OCH3 is 1. The van der Waals surface area contributed by atoms with Gasteiger partial charge in [0.1, 0.15) is 0 Å². The van der Waals surface area contributed by atoms with E-state index in [1.165, 1.54) is 12.8 Å². The average molecular weight is 261 g/mol. The van der Waals surface area contributed by atoms with E-state index in [2.05, 4.69) is 0 Å². The molecule has 0 aromatic heterocycles. The van der Waals surface area contributed by atoms with Crippen molar-refractivity contribution in [1.82, 2.24) is 4.90 Å². The molecule has 0 N–H and O–H groups in total. The molecule has 1 amide bonds. The molecule has 4 heteroatoms. The van der Waals surface area contributed by atoms with Gasteiger partial charge < -0.3 is 14.4 Å². The molecule has 0 spiro atoms. The molecule has 1 saturated heterocycles. The molecular weight excluding hydrogens is 242 g/mol. The lowest BCUT2D eigenvalue weighted by molar-refractivity contribution is -0.135. The summed E-state index contributed by atoms with van der Waals surface area (Å²) in [5, 5.41) is 0. The summed E-state index contributed by atoms with van der Waals surface area (Å²) in [7, 11) is 1.60. The number of carbonyl (C=O) groups excluding carboxylic acids is 1. The standard InChI is InChI=1S/C15H19NO3/c1-18-13-4-2-3-5-14(13)19-10-15(17)16-9-11-6-7-12(16)8-11/h2-5,11-12H,6-10H2,1H3/t11-,12-/m0/s1. The topological polar surface area (TPSA) is 38.8 Å². The van der Waals surface area contributed by atoms with Crippen molar-refractivity contribution in [3.63, 3.8) is 0 Å². The van der Waals surface area contributed by atoms with Crippen molar-refractivity contribution in [3.8, 4) is 11.5 Å². The summed E-state index contributed by atoms with van der Waals surface area (Å²) in [6.07, 6.45) is 3.62. The van der Waals surface area contributed by atoms with E-state index >= 15 is 0 Å². The third-order valence-corrected chi connectivity index (χ3v) is 4.15. The van der Waals surface area contributed by atoms with Crippen LogP contribution in [0.1, 0.15) is 19.3 Å². The lowest BCUT2D eigenvalue weighted by atomic mass is 10.1. The zero-order valence-electron chi connectivity index (χ0n) is 11.2. The maximum Gasteiger partial charge on any atom is 0.260 e. The van der Waals surface area contributed by atoms with Gasteiger partial charge in [-0.2, -0.15) is 0 Å². The molecule has 2 aliphatic rings. The van der Waals surface area contributed by atoms with Gasteiger partial charge >= 0.3 is 0 Å². The molecule has 4 nitrogen and oxygen atoms in total. The van der Waals surface area contributed by atoms with Gasteiger partial charge in [-0.1, -0.05) is 12.1 Å². The first-order chi connectivity index (χ1) is 9.28. The molecule has 2 bridgehead atoms. The van der Waals surface area contributed by atoms with Crippen LogP contribution in [0.5, 0.6) is 11.5 Å². The number of piperidine rings is 1. The Kier molecular flexibility index (Phi) is 3.32. The minimum Gasteiger partial charge on any atom is -0.493 e. The molecule has 2 fully saturated rings. The number of fused-ring (bicyclic) bond motifs is 2. The van der Waals surface area contributed by atoms with E-state index in [9.17, 15) is 4.79 Å². The molecule has 1 saturated carbocycles. The quantitative estimate of drug-likeness (QED) is 0.833. The first-order valence-corrected chi connectivity index (χ1v) is 6.83. The highest BCUT2D eigenvalue weighted by Gasteiger charge is 2.40. The highest BCUT2D eigenvalue weighted by molar-refractivity contribution is 5.78. The monoisotopic (exact) mass is 261 g/mol. The van der Waals surface area contributed by atoms with E-state index in [1.807, 2.05) is 29.2 Å². The normalized spacial score (nSPS) is 24.6. The van der Waals surface area contributed by atoms with E-state index in [1.54, 1.807) is 7.11 Å². The number of likely N-dealkylation sites (tertiary alicyclic amines) is 1. The van der Waals surface area contributed by atoms with Crippen molar-refractivity contribution >= 4 is 5.91 Å². The number of para-hydroxylation sites is 2. The second-order valence-electron chi connectivity index (χ2n) is 5.32. The van der Waals surface area contributed by atoms with Crippen molar-refractivity contribution in [2.75, 3.05) is 20.3 Å². The van der Waals surface area contributed by atoms with Crippen molar-refractivity contribution in [2.24, 2.45) is 5.92 Å². The van der Waals surface area contributed by atoms with Crippen LogP contribution >= 0.6 is 0 Å². The molecule has 0 radical (unpaired) electrons. The maximum atomic E-state index is 12.2. The second-order valence-corrected chi connectivity index (χ2v) is 5.32. The molecule has 102 valence electrons. The van der Waals surface area contributed by atoms with Crippen LogP contribution in [0.3, 0.4) is 0 Å². The van der Waals surface area contributed by atoms with Crippen LogP contribution in [0.4, 0.5) is 0 Å². The van der Waals surface area contributed by atoms with Gasteiger partial charge in [0.25, 0.3) is 5.91 Å². The van der Waals surface area contributed by atoms with Gasteiger partial charge in [0.2, 0.25) is 0 Å². The third-order valence-electron chi connectivity index (χ3n) is 4.15. The van der Waals surface area contributed by atoms with Crippen LogP contribution in [0.25, 0.3) is 0 Å². The number of rotatable bonds is 4. The Labute approximate surface area is 113 Å². The zero-order chi connectivity index (χ0) is 13.2. The molecule has 19 heavy (non-hydrogen) atoms. The summed E-state index contributed by atoms with van der Waals surface area (Å²) in [4.78, 5) is 14.2. The van der Waals surface area contributed by atoms with E-state index in [4.69, 9.17) is 9.47 Å². The maximum absolute atomic E-state index is 12.2. The number of benzene rings is 1. The smallest absolute Gasteiger partial charge is 0.260 e. The summed E-state index contributed by atoms with van der Waals surface area (Å²) in [5.41, 5.74) is 0. The highest BCUT2D eigenvalue weighted by atomic mass is 16.5. The molecule has 1 aliphatic heterocycles. The molecule has 3 rings (SSSR count). The second kappa shape index (κ2) is 5.11. The molecule has 1 aromatic carbocycles. The molecule has 1 aliphatic carbocycles. The van der Waals surface area contributed by atoms with Crippen LogP contribution < -0.4 is 9.47 Å². The lowest BCUT2D eigenvalue weighted by Crippen LogP contribution is -2.40. The number of hydrogen-bond acceptors (Lipinski definition) is 3. The van der Waals surface area contributed by atoms with Gasteiger partial charge in [-0.3, -0.25) is 4.79 Å². The highest BCUT2D eigenvalue weighted by Crippen LogP contribution is 2.37. The van der Waals surface area contributed by atoms with E-state index in [0.29, 0.717) is 17.5 Å². The molecule has 1 aromatic rings. The van der Waals surface area contributed by atoms with Crippen LogP contribution in [-0.2, 0) is 4.79 Å². The van der Waals surface area contributed by atoms with Gasteiger partial charge in [-0.15, -0.1) is 0 Å². The lowest BCUT2D eigenvalue weighted by Gasteiger charge is -2.27. The largest absolute Gasteiger partial charge is 0.493 e. The Hall–Kier alpha value is -1.71. The van der Waals surface area contributed by atoms with Gasteiger partial charge in [0, 0.05) is 12.6 Å². The van der Waals surface area contributed by atoms with E-state index < -0.39 is 0 Å². The van der Waals surface area contributed by atoms with Crippen molar-refractivity contribution < 1.29 is 14.3 Å². The summed E-state index contributed by atoms with van der Waals surface area (Å²) in [6.45, 7) is 1.02. The van der Waals surface area contributed by atoms with Crippen LogP contribution in [0.2, 0.25) is 0 Å². The fourth-order valence-electron chi connectivity index (χ4n) is 3.19. The van der Waals surface area contributed by atoms with Crippen LogP contribution in [-0.4, -0.2) is 37.1 Å². The Morgan fingerprint density at radius 3 is 2.74 bits per heavy atom. The van der Waals surface area contributed by atoms with E-state index in [0.717, 1.165) is 18.9 Å². The van der Waals surface area contributed by atoms with Gasteiger partial charge in [0.15, 0.2) is 18.1 Å². The SMILES string of the molecule is COc1ccccc1OCC(=O)N1C[C@H]2CC[C@H]1C2. The zero-order valence-corrected chi connectivity index (χ0v) is 11.2. The number of carbonyl (C=O) groups is 1. The van der Waals surface area contributed by atoms with E-state index in [-0.39, 0.29) is 12.5 Å². The Bertz CT molecular complexity index is 474. The number of ether oxygens (including phenoxy) is 2. The fraction of sp³-hybridized carbons (Fsp3) is 0.533. The summed E-state index contributed by atoms with van der Waals surface area (Å²) in [6, 6.07) is 7.87. The number of hydrogen-bond donors (Lipinski definition) is 0. The first kappa shape index (κ1) is 12.3. The van der Waals surface area contributed by atoms with Crippen LogP contribution in [0.15, 0.2) is 24.3 Å². The van der Waals surface area contributed by atoms with Gasteiger partial charge in [0.05, 0.1) is 7.11 Å². The van der Waals surface area contributed by atoms with Gasteiger partial charge in [-0.05, 0) is 37.3 Å². The summed E-state index contributed by atoms with van der Waals surface area (Å²) in [5.74, 6) is 2.11. The van der Waals surface area contributed by atoms with Gasteiger partial charge in [-0.25, -0.2) is 0 Å². The van der Waals surface area contributed by atoms with Crippen molar-refractivity contribution in [1.29, 1.82) is 0 Å². The molecule has 1 heterocycles. The van der Waals surface area contributed by atoms with Crippen molar-refractivity contribution in [2.45, 2.75) is 25.3 Å².